The second kappa shape index (κ2) is 7.19. The van der Waals surface area contributed by atoms with E-state index in [9.17, 15) is 0 Å². The van der Waals surface area contributed by atoms with E-state index in [0.717, 1.165) is 5.56 Å². The van der Waals surface area contributed by atoms with Crippen molar-refractivity contribution in [1.29, 1.82) is 0 Å². The van der Waals surface area contributed by atoms with Crippen molar-refractivity contribution in [2.45, 2.75) is 31.3 Å². The van der Waals surface area contributed by atoms with Crippen molar-refractivity contribution < 1.29 is 9.84 Å². The van der Waals surface area contributed by atoms with Crippen molar-refractivity contribution in [2.24, 2.45) is 5.73 Å². The molecular formula is C18H20N6O2. The molecule has 0 amide bonds. The maximum Gasteiger partial charge on any atom is 0.219 e. The Hall–Kier alpha value is -2.84. The molecular weight excluding hydrogens is 332 g/mol. The third kappa shape index (κ3) is 3.87. The van der Waals surface area contributed by atoms with Crippen LogP contribution in [-0.2, 0) is 6.54 Å². The van der Waals surface area contributed by atoms with Gasteiger partial charge in [0.25, 0.3) is 0 Å². The summed E-state index contributed by atoms with van der Waals surface area (Å²) in [6.45, 7) is 0.186. The van der Waals surface area contributed by atoms with Gasteiger partial charge in [0.1, 0.15) is 5.75 Å². The monoisotopic (exact) mass is 352 g/mol. The SMILES string of the molecule is NC(CO)Cn1nnc(-c2ccc(Oc3ccc(C4CC4)cn3)cc2)n1. The molecule has 1 saturated carbocycles. The number of ether oxygens (including phenoxy) is 1. The summed E-state index contributed by atoms with van der Waals surface area (Å²) < 4.78 is 5.78. The normalized spacial score (nSPS) is 15.0. The first-order chi connectivity index (χ1) is 12.7. The highest BCUT2D eigenvalue weighted by molar-refractivity contribution is 5.55. The van der Waals surface area contributed by atoms with Gasteiger partial charge in [0.05, 0.1) is 13.2 Å². The maximum absolute atomic E-state index is 8.98. The van der Waals surface area contributed by atoms with Crippen LogP contribution in [0.1, 0.15) is 24.3 Å². The molecule has 0 saturated heterocycles. The second-order valence-corrected chi connectivity index (χ2v) is 6.44. The largest absolute Gasteiger partial charge is 0.439 e. The van der Waals surface area contributed by atoms with Crippen LogP contribution < -0.4 is 10.5 Å². The maximum atomic E-state index is 8.98. The molecule has 1 aliphatic rings. The van der Waals surface area contributed by atoms with Gasteiger partial charge in [0, 0.05) is 23.9 Å². The summed E-state index contributed by atoms with van der Waals surface area (Å²) >= 11 is 0. The van der Waals surface area contributed by atoms with E-state index in [1.54, 1.807) is 0 Å². The van der Waals surface area contributed by atoms with Crippen LogP contribution in [0.25, 0.3) is 11.4 Å². The summed E-state index contributed by atoms with van der Waals surface area (Å²) in [5.74, 6) is 2.44. The molecule has 3 N–H and O–H groups in total. The van der Waals surface area contributed by atoms with E-state index in [-0.39, 0.29) is 6.61 Å². The van der Waals surface area contributed by atoms with Gasteiger partial charge < -0.3 is 15.6 Å². The topological polar surface area (TPSA) is 112 Å². The van der Waals surface area contributed by atoms with Crippen LogP contribution in [0.2, 0.25) is 0 Å². The molecule has 1 fully saturated rings. The molecule has 0 aliphatic heterocycles. The zero-order valence-electron chi connectivity index (χ0n) is 14.2. The number of pyridine rings is 1. The number of aliphatic hydroxyl groups is 1. The predicted octanol–water partition coefficient (Wildman–Crippen LogP) is 1.72. The number of hydrogen-bond donors (Lipinski definition) is 2. The molecule has 0 radical (unpaired) electrons. The average molecular weight is 352 g/mol. The summed E-state index contributed by atoms with van der Waals surface area (Å²) in [5, 5.41) is 21.2. The zero-order valence-corrected chi connectivity index (χ0v) is 14.2. The second-order valence-electron chi connectivity index (χ2n) is 6.44. The Kier molecular flexibility index (Phi) is 4.59. The molecule has 2 aromatic heterocycles. The Bertz CT molecular complexity index is 858. The van der Waals surface area contributed by atoms with Crippen molar-refractivity contribution in [1.82, 2.24) is 25.2 Å². The summed E-state index contributed by atoms with van der Waals surface area (Å²) in [7, 11) is 0. The molecule has 0 spiro atoms. The molecule has 4 rings (SSSR count). The minimum atomic E-state index is -0.411. The number of benzene rings is 1. The molecule has 1 unspecified atom stereocenters. The summed E-state index contributed by atoms with van der Waals surface area (Å²) in [4.78, 5) is 5.74. The van der Waals surface area contributed by atoms with Crippen LogP contribution in [0, 0.1) is 0 Å². The highest BCUT2D eigenvalue weighted by atomic mass is 16.5. The predicted molar refractivity (Wildman–Crippen MR) is 94.6 cm³/mol. The van der Waals surface area contributed by atoms with Crippen molar-refractivity contribution in [3.05, 3.63) is 48.2 Å². The molecule has 8 heteroatoms. The van der Waals surface area contributed by atoms with Gasteiger partial charge in [-0.1, -0.05) is 6.07 Å². The van der Waals surface area contributed by atoms with E-state index in [1.807, 2.05) is 36.5 Å². The molecule has 3 aromatic rings. The first-order valence-electron chi connectivity index (χ1n) is 8.60. The Morgan fingerprint density at radius 2 is 2.00 bits per heavy atom. The van der Waals surface area contributed by atoms with Gasteiger partial charge in [0.2, 0.25) is 11.7 Å². The molecule has 0 bridgehead atoms. The first-order valence-corrected chi connectivity index (χ1v) is 8.60. The lowest BCUT2D eigenvalue weighted by molar-refractivity contribution is 0.245. The third-order valence-electron chi connectivity index (χ3n) is 4.23. The highest BCUT2D eigenvalue weighted by Crippen LogP contribution is 2.40. The Balaban J connectivity index is 1.41. The first kappa shape index (κ1) is 16.6. The number of hydrogen-bond acceptors (Lipinski definition) is 7. The third-order valence-corrected chi connectivity index (χ3v) is 4.23. The van der Waals surface area contributed by atoms with Crippen LogP contribution in [-0.4, -0.2) is 42.9 Å². The van der Waals surface area contributed by atoms with Gasteiger partial charge in [-0.15, -0.1) is 10.2 Å². The van der Waals surface area contributed by atoms with Crippen LogP contribution >= 0.6 is 0 Å². The van der Waals surface area contributed by atoms with Crippen LogP contribution in [0.15, 0.2) is 42.6 Å². The number of nitrogens with two attached hydrogens (primary N) is 1. The number of rotatable bonds is 7. The van der Waals surface area contributed by atoms with Crippen LogP contribution in [0.3, 0.4) is 0 Å². The fourth-order valence-corrected chi connectivity index (χ4v) is 2.61. The molecule has 134 valence electrons. The lowest BCUT2D eigenvalue weighted by atomic mass is 10.2. The van der Waals surface area contributed by atoms with Crippen molar-refractivity contribution in [3.8, 4) is 23.0 Å². The molecule has 8 nitrogen and oxygen atoms in total. The minimum absolute atomic E-state index is 0.126. The molecule has 1 aromatic carbocycles. The quantitative estimate of drug-likeness (QED) is 0.666. The molecule has 1 atom stereocenters. The highest BCUT2D eigenvalue weighted by Gasteiger charge is 2.23. The van der Waals surface area contributed by atoms with Gasteiger partial charge in [-0.2, -0.15) is 4.80 Å². The summed E-state index contributed by atoms with van der Waals surface area (Å²) in [5.41, 5.74) is 7.77. The van der Waals surface area contributed by atoms with Gasteiger partial charge in [-0.05, 0) is 53.8 Å². The van der Waals surface area contributed by atoms with Gasteiger partial charge in [-0.25, -0.2) is 4.98 Å². The average Bonchev–Trinajstić information content (AvgIpc) is 3.42. The van der Waals surface area contributed by atoms with E-state index < -0.39 is 6.04 Å². The molecule has 26 heavy (non-hydrogen) atoms. The standard InChI is InChI=1S/C18H20N6O2/c19-15(11-25)10-24-22-18(21-23-24)13-3-6-16(7-4-13)26-17-8-5-14(9-20-17)12-1-2-12/h3-9,12,15,25H,1-2,10-11,19H2. The van der Waals surface area contributed by atoms with Crippen molar-refractivity contribution >= 4 is 0 Å². The van der Waals surface area contributed by atoms with Gasteiger partial charge >= 0.3 is 0 Å². The summed E-state index contributed by atoms with van der Waals surface area (Å²) in [6, 6.07) is 11.0. The number of nitrogens with zero attached hydrogens (tertiary/aromatic N) is 5. The van der Waals surface area contributed by atoms with Crippen molar-refractivity contribution in [2.75, 3.05) is 6.61 Å². The lowest BCUT2D eigenvalue weighted by Gasteiger charge is -2.06. The van der Waals surface area contributed by atoms with Gasteiger partial charge in [0.15, 0.2) is 0 Å². The number of tetrazole rings is 1. The smallest absolute Gasteiger partial charge is 0.219 e. The Morgan fingerprint density at radius 1 is 1.19 bits per heavy atom. The minimum Gasteiger partial charge on any atom is -0.439 e. The van der Waals surface area contributed by atoms with E-state index in [1.165, 1.54) is 23.2 Å². The Morgan fingerprint density at radius 3 is 2.65 bits per heavy atom. The van der Waals surface area contributed by atoms with Crippen molar-refractivity contribution in [3.63, 3.8) is 0 Å². The number of aromatic nitrogens is 5. The van der Waals surface area contributed by atoms with E-state index in [4.69, 9.17) is 15.6 Å². The van der Waals surface area contributed by atoms with E-state index >= 15 is 0 Å². The van der Waals surface area contributed by atoms with Crippen LogP contribution in [0.5, 0.6) is 11.6 Å². The fraction of sp³-hybridized carbons (Fsp3) is 0.333. The summed E-state index contributed by atoms with van der Waals surface area (Å²) in [6.07, 6.45) is 4.41. The van der Waals surface area contributed by atoms with E-state index in [0.29, 0.717) is 29.9 Å². The van der Waals surface area contributed by atoms with E-state index in [2.05, 4.69) is 26.5 Å². The van der Waals surface area contributed by atoms with Gasteiger partial charge in [-0.3, -0.25) is 0 Å². The zero-order chi connectivity index (χ0) is 17.9. The molecule has 1 aliphatic carbocycles. The molecule has 2 heterocycles. The lowest BCUT2D eigenvalue weighted by Crippen LogP contribution is -2.30. The van der Waals surface area contributed by atoms with Crippen LogP contribution in [0.4, 0.5) is 0 Å². The Labute approximate surface area is 150 Å². The number of aliphatic hydroxyl groups excluding tert-OH is 1. The fourth-order valence-electron chi connectivity index (χ4n) is 2.61.